The highest BCUT2D eigenvalue weighted by molar-refractivity contribution is 9.10. The van der Waals surface area contributed by atoms with Crippen LogP contribution < -0.4 is 10.5 Å². The number of carbonyl (C=O) groups excluding carboxylic acids is 1. The van der Waals surface area contributed by atoms with Crippen LogP contribution in [-0.4, -0.2) is 17.9 Å². The number of nitrogens with zero attached hydrogens (tertiary/aromatic N) is 1. The maximum absolute atomic E-state index is 11.1. The largest absolute Gasteiger partial charge is 0.496 e. The zero-order chi connectivity index (χ0) is 11.6. The minimum absolute atomic E-state index is 0.0272. The highest BCUT2D eigenvalue weighted by atomic mass is 79.9. The van der Waals surface area contributed by atoms with Crippen LogP contribution in [0.15, 0.2) is 16.6 Å². The van der Waals surface area contributed by atoms with Crippen molar-refractivity contribution in [3.63, 3.8) is 0 Å². The molecule has 2 N–H and O–H groups in total. The molecule has 6 nitrogen and oxygen atoms in total. The van der Waals surface area contributed by atoms with Crippen molar-refractivity contribution in [3.8, 4) is 5.75 Å². The Morgan fingerprint density at radius 2 is 2.20 bits per heavy atom. The van der Waals surface area contributed by atoms with E-state index in [2.05, 4.69) is 15.9 Å². The van der Waals surface area contributed by atoms with Gasteiger partial charge in [0.1, 0.15) is 15.8 Å². The van der Waals surface area contributed by atoms with E-state index in [1.807, 2.05) is 0 Å². The summed E-state index contributed by atoms with van der Waals surface area (Å²) in [5, 5.41) is 10.6. The summed E-state index contributed by atoms with van der Waals surface area (Å²) in [6.45, 7) is 0. The molecular formula is C8H7BrN2O4. The number of hydrogen-bond acceptors (Lipinski definition) is 4. The van der Waals surface area contributed by atoms with Gasteiger partial charge in [0.25, 0.3) is 11.6 Å². The SMILES string of the molecule is COc1ccc([N+](=O)[O-])c(Br)c1C(N)=O. The van der Waals surface area contributed by atoms with Gasteiger partial charge >= 0.3 is 0 Å². The Morgan fingerprint density at radius 1 is 1.60 bits per heavy atom. The van der Waals surface area contributed by atoms with Gasteiger partial charge in [0.2, 0.25) is 0 Å². The van der Waals surface area contributed by atoms with Crippen molar-refractivity contribution in [2.75, 3.05) is 7.11 Å². The molecular weight excluding hydrogens is 268 g/mol. The Morgan fingerprint density at radius 3 is 2.60 bits per heavy atom. The summed E-state index contributed by atoms with van der Waals surface area (Å²) in [6, 6.07) is 2.55. The lowest BCUT2D eigenvalue weighted by molar-refractivity contribution is -0.385. The van der Waals surface area contributed by atoms with E-state index in [4.69, 9.17) is 10.5 Å². The fourth-order valence-electron chi connectivity index (χ4n) is 1.09. The summed E-state index contributed by atoms with van der Waals surface area (Å²) in [4.78, 5) is 21.0. The van der Waals surface area contributed by atoms with Crippen LogP contribution >= 0.6 is 15.9 Å². The lowest BCUT2D eigenvalue weighted by Gasteiger charge is -2.07. The van der Waals surface area contributed by atoms with E-state index in [1.54, 1.807) is 0 Å². The van der Waals surface area contributed by atoms with Gasteiger partial charge in [0.05, 0.1) is 12.0 Å². The van der Waals surface area contributed by atoms with Gasteiger partial charge in [-0.25, -0.2) is 0 Å². The number of benzene rings is 1. The topological polar surface area (TPSA) is 95.5 Å². The second-order valence-corrected chi connectivity index (χ2v) is 3.39. The molecule has 0 aliphatic rings. The minimum Gasteiger partial charge on any atom is -0.496 e. The quantitative estimate of drug-likeness (QED) is 0.667. The summed E-state index contributed by atoms with van der Waals surface area (Å²) < 4.78 is 4.90. The molecule has 0 atom stereocenters. The first-order valence-corrected chi connectivity index (χ1v) is 4.59. The van der Waals surface area contributed by atoms with Gasteiger partial charge in [-0.2, -0.15) is 0 Å². The molecule has 1 aromatic rings. The van der Waals surface area contributed by atoms with Crippen molar-refractivity contribution < 1.29 is 14.5 Å². The third-order valence-corrected chi connectivity index (χ3v) is 2.55. The van der Waals surface area contributed by atoms with E-state index in [0.29, 0.717) is 0 Å². The number of hydrogen-bond donors (Lipinski definition) is 1. The normalized spacial score (nSPS) is 9.73. The van der Waals surface area contributed by atoms with E-state index in [9.17, 15) is 14.9 Å². The second kappa shape index (κ2) is 4.26. The smallest absolute Gasteiger partial charge is 0.284 e. The van der Waals surface area contributed by atoms with Gasteiger partial charge in [0.15, 0.2) is 0 Å². The van der Waals surface area contributed by atoms with Crippen molar-refractivity contribution in [1.82, 2.24) is 0 Å². The van der Waals surface area contributed by atoms with Gasteiger partial charge in [-0.15, -0.1) is 0 Å². The number of ether oxygens (including phenoxy) is 1. The Hall–Kier alpha value is -1.63. The van der Waals surface area contributed by atoms with Gasteiger partial charge in [-0.3, -0.25) is 14.9 Å². The summed E-state index contributed by atoms with van der Waals surface area (Å²) in [7, 11) is 1.35. The molecule has 1 rings (SSSR count). The monoisotopic (exact) mass is 274 g/mol. The average Bonchev–Trinajstić information content (AvgIpc) is 2.15. The Bertz CT molecular complexity index is 433. The molecule has 0 unspecified atom stereocenters. The average molecular weight is 275 g/mol. The fraction of sp³-hybridized carbons (Fsp3) is 0.125. The summed E-state index contributed by atoms with van der Waals surface area (Å²) >= 11 is 2.95. The molecule has 0 aliphatic heterocycles. The van der Waals surface area contributed by atoms with Crippen molar-refractivity contribution in [3.05, 3.63) is 32.3 Å². The number of amides is 1. The molecule has 0 fully saturated rings. The van der Waals surface area contributed by atoms with E-state index in [0.717, 1.165) is 0 Å². The lowest BCUT2D eigenvalue weighted by Crippen LogP contribution is -2.14. The van der Waals surface area contributed by atoms with Gasteiger partial charge in [0, 0.05) is 6.07 Å². The Kier molecular flexibility index (Phi) is 3.25. The first-order valence-electron chi connectivity index (χ1n) is 3.79. The number of nitro benzene ring substituents is 1. The molecule has 0 spiro atoms. The first kappa shape index (κ1) is 11.4. The highest BCUT2D eigenvalue weighted by Crippen LogP contribution is 2.34. The number of rotatable bonds is 3. The molecule has 1 aromatic carbocycles. The summed E-state index contributed by atoms with van der Waals surface area (Å²) in [5.41, 5.74) is 4.82. The van der Waals surface area contributed by atoms with Crippen LogP contribution in [0, 0.1) is 10.1 Å². The molecule has 15 heavy (non-hydrogen) atoms. The van der Waals surface area contributed by atoms with E-state index in [-0.39, 0.29) is 21.5 Å². The highest BCUT2D eigenvalue weighted by Gasteiger charge is 2.22. The number of carbonyl (C=O) groups is 1. The van der Waals surface area contributed by atoms with Gasteiger partial charge in [-0.05, 0) is 22.0 Å². The van der Waals surface area contributed by atoms with Crippen LogP contribution in [0.2, 0.25) is 0 Å². The molecule has 0 bridgehead atoms. The second-order valence-electron chi connectivity index (χ2n) is 2.60. The third kappa shape index (κ3) is 2.07. The first-order chi connectivity index (χ1) is 6.99. The Balaban J connectivity index is 3.49. The molecule has 0 radical (unpaired) electrons. The maximum atomic E-state index is 11.1. The molecule has 1 amide bonds. The van der Waals surface area contributed by atoms with Crippen molar-refractivity contribution in [2.45, 2.75) is 0 Å². The molecule has 7 heteroatoms. The standard InChI is InChI=1S/C8H7BrN2O4/c1-15-5-3-2-4(11(13)14)7(9)6(5)8(10)12/h2-3H,1H3,(H2,10,12). The van der Waals surface area contributed by atoms with E-state index >= 15 is 0 Å². The number of primary amides is 1. The third-order valence-electron chi connectivity index (χ3n) is 1.75. The van der Waals surface area contributed by atoms with Crippen molar-refractivity contribution in [2.24, 2.45) is 5.73 Å². The van der Waals surface area contributed by atoms with Crippen LogP contribution in [0.4, 0.5) is 5.69 Å². The van der Waals surface area contributed by atoms with Gasteiger partial charge in [-0.1, -0.05) is 0 Å². The van der Waals surface area contributed by atoms with E-state index < -0.39 is 10.8 Å². The number of nitrogens with two attached hydrogens (primary N) is 1. The van der Waals surface area contributed by atoms with Crippen LogP contribution in [0.3, 0.4) is 0 Å². The predicted octanol–water partition coefficient (Wildman–Crippen LogP) is 1.46. The lowest BCUT2D eigenvalue weighted by atomic mass is 10.1. The zero-order valence-electron chi connectivity index (χ0n) is 7.69. The molecule has 0 heterocycles. The summed E-state index contributed by atoms with van der Waals surface area (Å²) in [6.07, 6.45) is 0. The summed E-state index contributed by atoms with van der Waals surface area (Å²) in [5.74, 6) is -0.595. The van der Waals surface area contributed by atoms with Gasteiger partial charge < -0.3 is 10.5 Å². The van der Waals surface area contributed by atoms with Crippen molar-refractivity contribution >= 4 is 27.5 Å². The molecule has 0 saturated carbocycles. The van der Waals surface area contributed by atoms with Crippen LogP contribution in [0.25, 0.3) is 0 Å². The maximum Gasteiger partial charge on any atom is 0.284 e. The molecule has 0 saturated heterocycles. The number of methoxy groups -OCH3 is 1. The van der Waals surface area contributed by atoms with Crippen LogP contribution in [0.5, 0.6) is 5.75 Å². The van der Waals surface area contributed by atoms with Crippen molar-refractivity contribution in [1.29, 1.82) is 0 Å². The minimum atomic E-state index is -0.789. The molecule has 0 aliphatic carbocycles. The van der Waals surface area contributed by atoms with Crippen LogP contribution in [-0.2, 0) is 0 Å². The predicted molar refractivity (Wildman–Crippen MR) is 55.9 cm³/mol. The molecule has 80 valence electrons. The number of halogens is 1. The van der Waals surface area contributed by atoms with Crippen LogP contribution in [0.1, 0.15) is 10.4 Å². The number of nitro groups is 1. The fourth-order valence-corrected chi connectivity index (χ4v) is 1.76. The molecule has 0 aromatic heterocycles. The Labute approximate surface area is 93.3 Å². The van der Waals surface area contributed by atoms with E-state index in [1.165, 1.54) is 19.2 Å². The zero-order valence-corrected chi connectivity index (χ0v) is 9.28.